The van der Waals surface area contributed by atoms with Crippen LogP contribution in [-0.4, -0.2) is 29.4 Å². The van der Waals surface area contributed by atoms with Gasteiger partial charge in [0.2, 0.25) is 5.91 Å². The number of nitrogens with zero attached hydrogens (tertiary/aromatic N) is 1. The van der Waals surface area contributed by atoms with Crippen LogP contribution in [-0.2, 0) is 4.74 Å². The summed E-state index contributed by atoms with van der Waals surface area (Å²) in [6.45, 7) is 0. The van der Waals surface area contributed by atoms with E-state index in [0.29, 0.717) is 0 Å². The van der Waals surface area contributed by atoms with Gasteiger partial charge in [0.25, 0.3) is 0 Å². The molecule has 0 unspecified atom stereocenters. The van der Waals surface area contributed by atoms with Crippen LogP contribution in [0.4, 0.5) is 0 Å². The third-order valence-corrected chi connectivity index (χ3v) is 2.13. The number of carbonyl (C=O) groups excluding carboxylic acids is 2. The van der Waals surface area contributed by atoms with Gasteiger partial charge >= 0.3 is 5.97 Å². The topological polar surface area (TPSA) is 48.3 Å². The van der Waals surface area contributed by atoms with Crippen molar-refractivity contribution in [2.45, 2.75) is 0 Å². The van der Waals surface area contributed by atoms with Crippen LogP contribution in [0.1, 0.15) is 15.3 Å². The number of ether oxygens (including phenoxy) is 1. The first-order chi connectivity index (χ1) is 6.61. The van der Waals surface area contributed by atoms with E-state index in [9.17, 15) is 9.59 Å². The summed E-state index contributed by atoms with van der Waals surface area (Å²) in [6, 6.07) is 1.43. The molecule has 1 aromatic heterocycles. The Morgan fingerprint density at radius 1 is 1.57 bits per heavy atom. The van der Waals surface area contributed by atoms with Crippen LogP contribution in [0, 0.1) is 0 Å². The predicted octanol–water partition coefficient (Wildman–Crippen LogP) is 1.81. The largest absolute Gasteiger partial charge is 0.464 e. The highest BCUT2D eigenvalue weighted by Crippen LogP contribution is 2.18. The van der Waals surface area contributed by atoms with Crippen LogP contribution in [0.5, 0.6) is 0 Å². The predicted molar refractivity (Wildman–Crippen MR) is 52.1 cm³/mol. The third-order valence-electron chi connectivity index (χ3n) is 1.60. The fourth-order valence-electron chi connectivity index (χ4n) is 0.973. The quantitative estimate of drug-likeness (QED) is 0.581. The molecule has 1 aromatic rings. The van der Waals surface area contributed by atoms with Gasteiger partial charge in [-0.3, -0.25) is 9.36 Å². The summed E-state index contributed by atoms with van der Waals surface area (Å²) in [5.74, 6) is -1.33. The van der Waals surface area contributed by atoms with Gasteiger partial charge in [-0.05, 0) is 6.07 Å². The molecule has 0 radical (unpaired) electrons. The summed E-state index contributed by atoms with van der Waals surface area (Å²) in [4.78, 5) is 22.4. The van der Waals surface area contributed by atoms with Crippen LogP contribution >= 0.6 is 23.2 Å². The Balaban J connectivity index is 3.19. The van der Waals surface area contributed by atoms with Gasteiger partial charge in [-0.15, -0.1) is 11.6 Å². The Hall–Kier alpha value is -1.000. The first-order valence-electron chi connectivity index (χ1n) is 3.66. The second kappa shape index (κ2) is 4.48. The first kappa shape index (κ1) is 11.1. The van der Waals surface area contributed by atoms with E-state index in [1.54, 1.807) is 0 Å². The Morgan fingerprint density at radius 2 is 2.21 bits per heavy atom. The fourth-order valence-corrected chi connectivity index (χ4v) is 1.33. The molecule has 0 atom stereocenters. The molecular formula is C8H7Cl2NO3. The summed E-state index contributed by atoms with van der Waals surface area (Å²) in [5.41, 5.74) is -0.000170. The lowest BCUT2D eigenvalue weighted by molar-refractivity contribution is 0.0582. The molecule has 0 fully saturated rings. The van der Waals surface area contributed by atoms with Gasteiger partial charge in [0, 0.05) is 6.20 Å². The van der Waals surface area contributed by atoms with Crippen molar-refractivity contribution in [2.24, 2.45) is 0 Å². The van der Waals surface area contributed by atoms with Gasteiger partial charge in [0.1, 0.15) is 5.88 Å². The smallest absolute Gasteiger partial charge is 0.356 e. The minimum absolute atomic E-state index is 0.000170. The highest BCUT2D eigenvalue weighted by Gasteiger charge is 2.19. The molecule has 14 heavy (non-hydrogen) atoms. The molecule has 0 aromatic carbocycles. The maximum atomic E-state index is 11.2. The zero-order chi connectivity index (χ0) is 10.7. The summed E-state index contributed by atoms with van der Waals surface area (Å²) in [7, 11) is 1.21. The van der Waals surface area contributed by atoms with Crippen LogP contribution in [0.2, 0.25) is 5.02 Å². The standard InChI is InChI=1S/C8H7Cl2NO3/c1-14-8(13)7-5(10)2-3-11(7)6(12)4-9/h2-3H,4H2,1H3. The van der Waals surface area contributed by atoms with Gasteiger partial charge in [-0.2, -0.15) is 0 Å². The molecule has 0 bridgehead atoms. The SMILES string of the molecule is COC(=O)c1c(Cl)ccn1C(=O)CCl. The molecule has 0 saturated carbocycles. The molecule has 0 amide bonds. The number of esters is 1. The maximum absolute atomic E-state index is 11.2. The Bertz CT molecular complexity index is 373. The molecule has 0 saturated heterocycles. The molecule has 0 aliphatic rings. The maximum Gasteiger partial charge on any atom is 0.356 e. The number of aromatic nitrogens is 1. The van der Waals surface area contributed by atoms with Crippen molar-refractivity contribution >= 4 is 35.1 Å². The zero-order valence-corrected chi connectivity index (χ0v) is 8.80. The molecule has 6 heteroatoms. The lowest BCUT2D eigenvalue weighted by atomic mass is 10.4. The highest BCUT2D eigenvalue weighted by atomic mass is 35.5. The molecule has 0 aliphatic heterocycles. The van der Waals surface area contributed by atoms with Crippen molar-refractivity contribution in [3.05, 3.63) is 23.0 Å². The van der Waals surface area contributed by atoms with E-state index in [2.05, 4.69) is 4.74 Å². The summed E-state index contributed by atoms with van der Waals surface area (Å²) >= 11 is 11.1. The van der Waals surface area contributed by atoms with Gasteiger partial charge in [0.15, 0.2) is 5.69 Å². The van der Waals surface area contributed by atoms with Crippen molar-refractivity contribution in [1.82, 2.24) is 4.57 Å². The fraction of sp³-hybridized carbons (Fsp3) is 0.250. The number of carbonyl (C=O) groups is 2. The van der Waals surface area contributed by atoms with Gasteiger partial charge in [-0.25, -0.2) is 4.79 Å². The first-order valence-corrected chi connectivity index (χ1v) is 4.57. The number of alkyl halides is 1. The summed E-state index contributed by atoms with van der Waals surface area (Å²) in [5, 5.41) is 0.162. The Kier molecular flexibility index (Phi) is 3.55. The van der Waals surface area contributed by atoms with Gasteiger partial charge < -0.3 is 4.74 Å². The van der Waals surface area contributed by atoms with Crippen LogP contribution in [0.3, 0.4) is 0 Å². The molecule has 76 valence electrons. The zero-order valence-electron chi connectivity index (χ0n) is 7.29. The van der Waals surface area contributed by atoms with E-state index in [4.69, 9.17) is 23.2 Å². The number of hydrogen-bond acceptors (Lipinski definition) is 3. The van der Waals surface area contributed by atoms with E-state index in [1.165, 1.54) is 19.4 Å². The van der Waals surface area contributed by atoms with E-state index >= 15 is 0 Å². The van der Waals surface area contributed by atoms with Crippen LogP contribution < -0.4 is 0 Å². The highest BCUT2D eigenvalue weighted by molar-refractivity contribution is 6.34. The van der Waals surface area contributed by atoms with Crippen molar-refractivity contribution < 1.29 is 14.3 Å². The molecule has 1 heterocycles. The van der Waals surface area contributed by atoms with E-state index in [0.717, 1.165) is 4.57 Å². The van der Waals surface area contributed by atoms with Crippen LogP contribution in [0.15, 0.2) is 12.3 Å². The second-order valence-electron chi connectivity index (χ2n) is 2.40. The van der Waals surface area contributed by atoms with Crippen molar-refractivity contribution in [2.75, 3.05) is 13.0 Å². The minimum atomic E-state index is -0.668. The Labute approximate surface area is 90.4 Å². The lowest BCUT2D eigenvalue weighted by Crippen LogP contribution is -2.18. The minimum Gasteiger partial charge on any atom is -0.464 e. The average Bonchev–Trinajstić information content (AvgIpc) is 2.58. The molecule has 0 spiro atoms. The van der Waals surface area contributed by atoms with E-state index in [1.807, 2.05) is 0 Å². The molecule has 1 rings (SSSR count). The number of halogens is 2. The molecule has 0 N–H and O–H groups in total. The molecular weight excluding hydrogens is 229 g/mol. The van der Waals surface area contributed by atoms with Crippen molar-refractivity contribution in [3.8, 4) is 0 Å². The Morgan fingerprint density at radius 3 is 2.71 bits per heavy atom. The number of methoxy groups -OCH3 is 1. The van der Waals surface area contributed by atoms with Gasteiger partial charge in [0.05, 0.1) is 12.1 Å². The van der Waals surface area contributed by atoms with E-state index in [-0.39, 0.29) is 16.6 Å². The lowest BCUT2D eigenvalue weighted by Gasteiger charge is -2.04. The molecule has 4 nitrogen and oxygen atoms in total. The van der Waals surface area contributed by atoms with Crippen molar-refractivity contribution in [3.63, 3.8) is 0 Å². The summed E-state index contributed by atoms with van der Waals surface area (Å²) < 4.78 is 5.54. The monoisotopic (exact) mass is 235 g/mol. The van der Waals surface area contributed by atoms with E-state index < -0.39 is 11.9 Å². The second-order valence-corrected chi connectivity index (χ2v) is 3.08. The number of rotatable bonds is 2. The third kappa shape index (κ3) is 1.91. The molecule has 0 aliphatic carbocycles. The van der Waals surface area contributed by atoms with Gasteiger partial charge in [-0.1, -0.05) is 11.6 Å². The number of hydrogen-bond donors (Lipinski definition) is 0. The average molecular weight is 236 g/mol. The van der Waals surface area contributed by atoms with Crippen molar-refractivity contribution in [1.29, 1.82) is 0 Å². The normalized spacial score (nSPS) is 9.93. The summed E-state index contributed by atoms with van der Waals surface area (Å²) in [6.07, 6.45) is 1.37. The van der Waals surface area contributed by atoms with Crippen LogP contribution in [0.25, 0.3) is 0 Å².